The van der Waals surface area contributed by atoms with Crippen LogP contribution in [0, 0.1) is 16.2 Å². The maximum atomic E-state index is 14.2. The third-order valence-electron chi connectivity index (χ3n) is 8.32. The zero-order chi connectivity index (χ0) is 35.0. The summed E-state index contributed by atoms with van der Waals surface area (Å²) >= 11 is 0. The summed E-state index contributed by atoms with van der Waals surface area (Å²) in [6, 6.07) is 0. The van der Waals surface area contributed by atoms with Crippen molar-refractivity contribution in [3.05, 3.63) is 0 Å². The van der Waals surface area contributed by atoms with Crippen LogP contribution < -0.4 is 5.73 Å². The molecule has 0 spiro atoms. The summed E-state index contributed by atoms with van der Waals surface area (Å²) in [6.45, 7) is 5.35. The number of aliphatic carboxylic acids is 1. The summed E-state index contributed by atoms with van der Waals surface area (Å²) in [7, 11) is 0. The molecular weight excluding hydrogens is 572 g/mol. The maximum absolute atomic E-state index is 14.2. The van der Waals surface area contributed by atoms with Gasteiger partial charge in [-0.3, -0.25) is 57.6 Å². The lowest BCUT2D eigenvalue weighted by Crippen LogP contribution is -2.88. The minimum Gasteiger partial charge on any atom is -0.479 e. The van der Waals surface area contributed by atoms with Crippen LogP contribution in [0.25, 0.3) is 0 Å². The number of carboxylic acids is 1. The van der Waals surface area contributed by atoms with Gasteiger partial charge in [-0.05, 0) is 62.3 Å². The van der Waals surface area contributed by atoms with Crippen LogP contribution in [0.15, 0.2) is 0 Å². The average Bonchev–Trinajstić information content (AvgIpc) is 2.79. The Morgan fingerprint density at radius 3 is 0.814 bits per heavy atom. The van der Waals surface area contributed by atoms with E-state index < -0.39 is 97.2 Å². The molecule has 0 saturated carbocycles. The minimum atomic E-state index is -4.19. The molecule has 0 aromatic rings. The quantitative estimate of drug-likeness (QED) is 0.215. The molecule has 0 fully saturated rings. The van der Waals surface area contributed by atoms with Crippen LogP contribution in [0.4, 0.5) is 0 Å². The number of rotatable bonds is 15. The summed E-state index contributed by atoms with van der Waals surface area (Å²) in [5, 5.41) is 10.8. The van der Waals surface area contributed by atoms with E-state index in [0.717, 1.165) is 0 Å². The van der Waals surface area contributed by atoms with Gasteiger partial charge in [-0.15, -0.1) is 0 Å². The van der Waals surface area contributed by atoms with Crippen LogP contribution in [-0.4, -0.2) is 90.9 Å². The zero-order valence-electron chi connectivity index (χ0n) is 25.9. The number of carbonyl (C=O) groups is 12. The van der Waals surface area contributed by atoms with E-state index in [1.165, 1.54) is 0 Å². The Morgan fingerprint density at radius 1 is 0.419 bits per heavy atom. The third-order valence-corrected chi connectivity index (χ3v) is 8.32. The van der Waals surface area contributed by atoms with Gasteiger partial charge in [0.05, 0.1) is 0 Å². The van der Waals surface area contributed by atoms with Crippen molar-refractivity contribution in [1.29, 1.82) is 0 Å². The van der Waals surface area contributed by atoms with E-state index in [2.05, 4.69) is 0 Å². The van der Waals surface area contributed by atoms with Gasteiger partial charge in [-0.1, -0.05) is 0 Å². The molecule has 0 rings (SSSR count). The predicted octanol–water partition coefficient (Wildman–Crippen LogP) is -0.837. The minimum absolute atomic E-state index is 0.355. The summed E-state index contributed by atoms with van der Waals surface area (Å²) in [5.41, 5.74) is -13.7. The number of nitrogens with zero attached hydrogens (tertiary/aromatic N) is 1. The summed E-state index contributed by atoms with van der Waals surface area (Å²) in [6.07, 6.45) is 0. The molecule has 1 atom stereocenters. The van der Waals surface area contributed by atoms with E-state index in [1.807, 2.05) is 0 Å². The molecule has 0 heterocycles. The summed E-state index contributed by atoms with van der Waals surface area (Å²) in [5.74, 6) is -21.6. The highest BCUT2D eigenvalue weighted by Gasteiger charge is 2.89. The number of hydrogen-bond donors (Lipinski definition) is 2. The molecule has 15 heteroatoms. The van der Waals surface area contributed by atoms with Gasteiger partial charge in [-0.2, -0.15) is 0 Å². The van der Waals surface area contributed by atoms with Crippen LogP contribution in [-0.2, 0) is 57.5 Å². The van der Waals surface area contributed by atoms with E-state index in [-0.39, 0.29) is 4.90 Å². The van der Waals surface area contributed by atoms with Crippen molar-refractivity contribution in [2.75, 3.05) is 0 Å². The maximum Gasteiger partial charge on any atom is 0.339 e. The monoisotopic (exact) mass is 608 g/mol. The second-order valence-corrected chi connectivity index (χ2v) is 10.5. The molecule has 15 nitrogen and oxygen atoms in total. The van der Waals surface area contributed by atoms with Gasteiger partial charge in [0.25, 0.3) is 0 Å². The van der Waals surface area contributed by atoms with Crippen molar-refractivity contribution >= 4 is 69.8 Å². The van der Waals surface area contributed by atoms with Crippen molar-refractivity contribution in [2.45, 2.75) is 87.2 Å². The molecule has 2 amide bonds. The van der Waals surface area contributed by atoms with Crippen molar-refractivity contribution in [1.82, 2.24) is 4.90 Å². The molecule has 0 aliphatic rings. The summed E-state index contributed by atoms with van der Waals surface area (Å²) < 4.78 is 0. The fourth-order valence-corrected chi connectivity index (χ4v) is 7.24. The molecule has 0 aliphatic heterocycles. The number of amides is 2. The second kappa shape index (κ2) is 12.1. The van der Waals surface area contributed by atoms with Crippen LogP contribution in [0.5, 0.6) is 0 Å². The average molecular weight is 609 g/mol. The Bertz CT molecular complexity index is 1320. The van der Waals surface area contributed by atoms with Crippen molar-refractivity contribution < 1.29 is 62.6 Å². The Morgan fingerprint density at radius 2 is 0.674 bits per heavy atom. The molecule has 0 aromatic carbocycles. The highest BCUT2D eigenvalue weighted by molar-refractivity contribution is 6.35. The number of nitrogens with two attached hydrogens (primary N) is 1. The van der Waals surface area contributed by atoms with E-state index in [1.54, 1.807) is 0 Å². The number of imide groups is 1. The molecule has 0 aromatic heterocycles. The molecule has 0 unspecified atom stereocenters. The highest BCUT2D eigenvalue weighted by Crippen LogP contribution is 2.64. The Balaban J connectivity index is 10.4. The Labute approximate surface area is 246 Å². The Hall–Kier alpha value is -4.40. The molecular formula is C28H36N2O13. The smallest absolute Gasteiger partial charge is 0.339 e. The van der Waals surface area contributed by atoms with E-state index >= 15 is 0 Å². The lowest BCUT2D eigenvalue weighted by molar-refractivity contribution is -0.209. The van der Waals surface area contributed by atoms with Crippen molar-refractivity contribution in [3.8, 4) is 0 Å². The second-order valence-electron chi connectivity index (χ2n) is 10.5. The normalized spacial score (nSPS) is 13.6. The van der Waals surface area contributed by atoms with E-state index in [0.29, 0.717) is 76.2 Å². The fourth-order valence-electron chi connectivity index (χ4n) is 7.24. The molecule has 3 N–H and O–H groups in total. The lowest BCUT2D eigenvalue weighted by atomic mass is 9.34. The number of Topliss-reactive ketones (excluding diaryl/α,β-unsaturated/α-hetero) is 9. The first kappa shape index (κ1) is 38.6. The van der Waals surface area contributed by atoms with Gasteiger partial charge in [0, 0.05) is 13.8 Å². The number of carboxylic acid groups (broad SMARTS) is 1. The predicted molar refractivity (Wildman–Crippen MR) is 144 cm³/mol. The fraction of sp³-hybridized carbons (Fsp3) is 0.571. The van der Waals surface area contributed by atoms with Gasteiger partial charge in [0.1, 0.15) is 50.9 Å². The Kier molecular flexibility index (Phi) is 10.8. The van der Waals surface area contributed by atoms with Gasteiger partial charge in [0.2, 0.25) is 17.4 Å². The van der Waals surface area contributed by atoms with E-state index in [9.17, 15) is 62.6 Å². The largest absolute Gasteiger partial charge is 0.479 e. The molecule has 0 aliphatic carbocycles. The first-order chi connectivity index (χ1) is 19.2. The lowest BCUT2D eigenvalue weighted by Gasteiger charge is -2.62. The number of ketones is 9. The van der Waals surface area contributed by atoms with Crippen LogP contribution in [0.3, 0.4) is 0 Å². The molecule has 236 valence electrons. The summed E-state index contributed by atoms with van der Waals surface area (Å²) in [4.78, 5) is 164. The van der Waals surface area contributed by atoms with Gasteiger partial charge < -0.3 is 10.8 Å². The van der Waals surface area contributed by atoms with Gasteiger partial charge >= 0.3 is 5.97 Å². The highest BCUT2D eigenvalue weighted by atomic mass is 16.4. The van der Waals surface area contributed by atoms with Crippen LogP contribution in [0.2, 0.25) is 0 Å². The molecule has 0 radical (unpaired) electrons. The number of hydrogen-bond acceptors (Lipinski definition) is 13. The molecule has 0 bridgehead atoms. The van der Waals surface area contributed by atoms with Gasteiger partial charge in [-0.25, -0.2) is 4.79 Å². The topological polar surface area (TPSA) is 254 Å². The third kappa shape index (κ3) is 4.27. The van der Waals surface area contributed by atoms with Crippen molar-refractivity contribution in [2.24, 2.45) is 22.0 Å². The molecule has 43 heavy (non-hydrogen) atoms. The first-order valence-corrected chi connectivity index (χ1v) is 12.6. The van der Waals surface area contributed by atoms with Crippen LogP contribution in [0.1, 0.15) is 76.2 Å². The van der Waals surface area contributed by atoms with E-state index in [4.69, 9.17) is 5.73 Å². The standard InChI is InChI=1S/C28H36N2O13/c1-12(31)24(13(2)32,25(14(3)33,15(4)34)27(29,18(7)37)19(8)38)26(16(5)35,17(6)36)28(20(9)39,23(42)43)30(21(10)40)22(11)41/h29H2,1-11H3,(H,42,43)/t28-/m1/s1. The first-order valence-electron chi connectivity index (χ1n) is 12.6. The van der Waals surface area contributed by atoms with Crippen LogP contribution >= 0.6 is 0 Å². The SMILES string of the molecule is CC(=O)N(C(C)=O)[C@](C(C)=O)(C(=O)O)C(C(C)=O)(C(C)=O)C(C(C)=O)(C(C)=O)C(C(C)=O)(C(C)=O)C(N)(C(C)=O)C(C)=O. The van der Waals surface area contributed by atoms with Gasteiger partial charge in [0.15, 0.2) is 22.9 Å². The van der Waals surface area contributed by atoms with Crippen molar-refractivity contribution in [3.63, 3.8) is 0 Å². The molecule has 0 saturated heterocycles. The zero-order valence-corrected chi connectivity index (χ0v) is 25.9. The number of carbonyl (C=O) groups excluding carboxylic acids is 11.